The summed E-state index contributed by atoms with van der Waals surface area (Å²) in [4.78, 5) is 33.8. The van der Waals surface area contributed by atoms with E-state index in [1.54, 1.807) is 32.9 Å². The Hall–Kier alpha value is -1.85. The first-order valence-electron chi connectivity index (χ1n) is 6.42. The Morgan fingerprint density at radius 1 is 1.05 bits per heavy atom. The maximum atomic E-state index is 11.6. The van der Waals surface area contributed by atoms with E-state index in [4.69, 9.17) is 14.2 Å². The van der Waals surface area contributed by atoms with Crippen LogP contribution in [-0.4, -0.2) is 35.7 Å². The van der Waals surface area contributed by atoms with E-state index in [1.807, 2.05) is 0 Å². The molecule has 6 heteroatoms. The summed E-state index contributed by atoms with van der Waals surface area (Å²) in [6.07, 6.45) is 2.38. The molecule has 0 aromatic rings. The number of esters is 3. The molecule has 0 bridgehead atoms. The van der Waals surface area contributed by atoms with Crippen molar-refractivity contribution in [1.82, 2.24) is 0 Å². The molecule has 0 aromatic heterocycles. The van der Waals surface area contributed by atoms with Crippen molar-refractivity contribution in [1.29, 1.82) is 0 Å². The molecular weight excluding hydrogens is 264 g/mol. The summed E-state index contributed by atoms with van der Waals surface area (Å²) in [5, 5.41) is 0. The van der Waals surface area contributed by atoms with Crippen molar-refractivity contribution in [3.05, 3.63) is 12.2 Å². The quantitative estimate of drug-likeness (QED) is 0.337. The average Bonchev–Trinajstić information content (AvgIpc) is 2.60. The topological polar surface area (TPSA) is 78.9 Å². The van der Waals surface area contributed by atoms with Crippen LogP contribution in [0.1, 0.15) is 40.5 Å². The third kappa shape index (κ3) is 6.36. The highest BCUT2D eigenvalue weighted by atomic mass is 16.6. The van der Waals surface area contributed by atoms with Gasteiger partial charge in [0.15, 0.2) is 0 Å². The molecule has 0 amide bonds. The number of carbonyl (C=O) groups is 3. The molecular formula is C14H20O6. The van der Waals surface area contributed by atoms with Crippen molar-refractivity contribution in [3.63, 3.8) is 0 Å². The van der Waals surface area contributed by atoms with Crippen LogP contribution in [0, 0.1) is 0 Å². The average molecular weight is 284 g/mol. The van der Waals surface area contributed by atoms with Gasteiger partial charge in [0.25, 0.3) is 0 Å². The summed E-state index contributed by atoms with van der Waals surface area (Å²) in [7, 11) is 0. The lowest BCUT2D eigenvalue weighted by molar-refractivity contribution is -0.162. The van der Waals surface area contributed by atoms with E-state index < -0.39 is 30.1 Å². The molecule has 0 saturated carbocycles. The van der Waals surface area contributed by atoms with Gasteiger partial charge < -0.3 is 14.2 Å². The van der Waals surface area contributed by atoms with Gasteiger partial charge in [-0.15, -0.1) is 0 Å². The second kappa shape index (κ2) is 6.54. The predicted molar refractivity (Wildman–Crippen MR) is 69.7 cm³/mol. The first-order valence-corrected chi connectivity index (χ1v) is 6.42. The predicted octanol–water partition coefficient (Wildman–Crippen LogP) is 1.52. The summed E-state index contributed by atoms with van der Waals surface area (Å²) in [6.45, 7) is 6.48. The van der Waals surface area contributed by atoms with Gasteiger partial charge in [0.05, 0.1) is 0 Å². The monoisotopic (exact) mass is 284 g/mol. The zero-order valence-corrected chi connectivity index (χ0v) is 12.2. The summed E-state index contributed by atoms with van der Waals surface area (Å²) in [5.41, 5.74) is -0.634. The Labute approximate surface area is 118 Å². The van der Waals surface area contributed by atoms with Crippen molar-refractivity contribution in [2.45, 2.75) is 58.3 Å². The van der Waals surface area contributed by atoms with E-state index in [1.165, 1.54) is 6.92 Å². The standard InChI is InChI=1S/C14H20O6/c1-9(15)18-10-5-6-11(7-10)19-12(16)8-13(17)20-14(2,3)4/h5-6,10-11H,7-8H2,1-4H3. The smallest absolute Gasteiger partial charge is 0.317 e. The van der Waals surface area contributed by atoms with Gasteiger partial charge >= 0.3 is 17.9 Å². The molecule has 0 spiro atoms. The van der Waals surface area contributed by atoms with E-state index in [0.717, 1.165) is 0 Å². The van der Waals surface area contributed by atoms with Gasteiger partial charge in [-0.3, -0.25) is 14.4 Å². The van der Waals surface area contributed by atoms with E-state index in [9.17, 15) is 14.4 Å². The van der Waals surface area contributed by atoms with Crippen LogP contribution in [0.4, 0.5) is 0 Å². The lowest BCUT2D eigenvalue weighted by atomic mass is 10.2. The number of hydrogen-bond donors (Lipinski definition) is 0. The third-order valence-corrected chi connectivity index (χ3v) is 2.31. The fourth-order valence-corrected chi connectivity index (χ4v) is 1.73. The molecule has 1 rings (SSSR count). The van der Waals surface area contributed by atoms with Crippen LogP contribution in [0.5, 0.6) is 0 Å². The molecule has 2 unspecified atom stereocenters. The molecule has 0 N–H and O–H groups in total. The van der Waals surface area contributed by atoms with Gasteiger partial charge in [-0.05, 0) is 32.9 Å². The van der Waals surface area contributed by atoms with E-state index >= 15 is 0 Å². The van der Waals surface area contributed by atoms with Crippen molar-refractivity contribution >= 4 is 17.9 Å². The zero-order valence-electron chi connectivity index (χ0n) is 12.2. The largest absolute Gasteiger partial charge is 0.460 e. The first kappa shape index (κ1) is 16.2. The lowest BCUT2D eigenvalue weighted by Gasteiger charge is -2.19. The van der Waals surface area contributed by atoms with Crippen molar-refractivity contribution in [3.8, 4) is 0 Å². The highest BCUT2D eigenvalue weighted by Gasteiger charge is 2.26. The molecule has 20 heavy (non-hydrogen) atoms. The van der Waals surface area contributed by atoms with Gasteiger partial charge in [0, 0.05) is 13.3 Å². The van der Waals surface area contributed by atoms with Gasteiger partial charge in [-0.2, -0.15) is 0 Å². The highest BCUT2D eigenvalue weighted by molar-refractivity contribution is 5.91. The molecule has 0 heterocycles. The molecule has 0 radical (unpaired) electrons. The molecule has 0 saturated heterocycles. The van der Waals surface area contributed by atoms with Crippen LogP contribution < -0.4 is 0 Å². The van der Waals surface area contributed by atoms with E-state index in [0.29, 0.717) is 6.42 Å². The van der Waals surface area contributed by atoms with Crippen molar-refractivity contribution in [2.75, 3.05) is 0 Å². The van der Waals surface area contributed by atoms with Gasteiger partial charge in [-0.25, -0.2) is 0 Å². The molecule has 2 atom stereocenters. The summed E-state index contributed by atoms with van der Waals surface area (Å²) in [5.74, 6) is -1.67. The van der Waals surface area contributed by atoms with Crippen molar-refractivity contribution in [2.24, 2.45) is 0 Å². The maximum Gasteiger partial charge on any atom is 0.317 e. The Morgan fingerprint density at radius 2 is 1.60 bits per heavy atom. The fourth-order valence-electron chi connectivity index (χ4n) is 1.73. The minimum atomic E-state index is -0.655. The van der Waals surface area contributed by atoms with Crippen molar-refractivity contribution < 1.29 is 28.6 Å². The molecule has 6 nitrogen and oxygen atoms in total. The normalized spacial score (nSPS) is 21.4. The Morgan fingerprint density at radius 3 is 2.10 bits per heavy atom. The van der Waals surface area contributed by atoms with Crippen LogP contribution in [0.25, 0.3) is 0 Å². The van der Waals surface area contributed by atoms with Gasteiger partial charge in [0.2, 0.25) is 0 Å². The minimum absolute atomic E-state index is 0.375. The minimum Gasteiger partial charge on any atom is -0.460 e. The van der Waals surface area contributed by atoms with Crippen LogP contribution in [0.3, 0.4) is 0 Å². The molecule has 1 aliphatic carbocycles. The fraction of sp³-hybridized carbons (Fsp3) is 0.643. The highest BCUT2D eigenvalue weighted by Crippen LogP contribution is 2.18. The van der Waals surface area contributed by atoms with Gasteiger partial charge in [-0.1, -0.05) is 0 Å². The Balaban J connectivity index is 2.32. The number of carbonyl (C=O) groups excluding carboxylic acids is 3. The molecule has 1 aliphatic rings. The zero-order chi connectivity index (χ0) is 15.3. The van der Waals surface area contributed by atoms with Crippen LogP contribution in [0.15, 0.2) is 12.2 Å². The van der Waals surface area contributed by atoms with Crippen LogP contribution >= 0.6 is 0 Å². The van der Waals surface area contributed by atoms with E-state index in [2.05, 4.69) is 0 Å². The maximum absolute atomic E-state index is 11.6. The summed E-state index contributed by atoms with van der Waals surface area (Å²) in [6, 6.07) is 0. The lowest BCUT2D eigenvalue weighted by Crippen LogP contribution is -2.27. The molecule has 112 valence electrons. The number of hydrogen-bond acceptors (Lipinski definition) is 6. The van der Waals surface area contributed by atoms with Crippen LogP contribution in [0.2, 0.25) is 0 Å². The number of ether oxygens (including phenoxy) is 3. The second-order valence-electron chi connectivity index (χ2n) is 5.56. The number of rotatable bonds is 4. The van der Waals surface area contributed by atoms with Crippen LogP contribution in [-0.2, 0) is 28.6 Å². The van der Waals surface area contributed by atoms with Gasteiger partial charge in [0.1, 0.15) is 24.2 Å². The summed E-state index contributed by atoms with van der Waals surface area (Å²) < 4.78 is 15.1. The van der Waals surface area contributed by atoms with E-state index in [-0.39, 0.29) is 12.1 Å². The Bertz CT molecular complexity index is 418. The molecule has 0 aliphatic heterocycles. The first-order chi connectivity index (χ1) is 9.15. The molecule has 0 aromatic carbocycles. The third-order valence-electron chi connectivity index (χ3n) is 2.31. The SMILES string of the molecule is CC(=O)OC1C=CC(OC(=O)CC(=O)OC(C)(C)C)C1. The Kier molecular flexibility index (Phi) is 5.30. The summed E-state index contributed by atoms with van der Waals surface area (Å²) >= 11 is 0. The molecule has 0 fully saturated rings. The second-order valence-corrected chi connectivity index (χ2v) is 5.56.